The number of nitrogens with one attached hydrogen (secondary N) is 1. The van der Waals surface area contributed by atoms with E-state index in [1.165, 1.54) is 24.0 Å². The van der Waals surface area contributed by atoms with Crippen LogP contribution in [-0.2, 0) is 6.54 Å². The Bertz CT molecular complexity index is 666. The third-order valence-electron chi connectivity index (χ3n) is 3.65. The number of hydrogen-bond acceptors (Lipinski definition) is 3. The molecule has 0 bridgehead atoms. The van der Waals surface area contributed by atoms with Gasteiger partial charge in [0.1, 0.15) is 6.07 Å². The molecule has 1 aliphatic carbocycles. The second-order valence-corrected chi connectivity index (χ2v) is 5.38. The molecule has 3 heteroatoms. The van der Waals surface area contributed by atoms with Crippen molar-refractivity contribution in [2.75, 3.05) is 0 Å². The Morgan fingerprint density at radius 1 is 1.30 bits per heavy atom. The number of aryl methyl sites for hydroxylation is 1. The van der Waals surface area contributed by atoms with E-state index >= 15 is 0 Å². The molecule has 0 radical (unpaired) electrons. The summed E-state index contributed by atoms with van der Waals surface area (Å²) in [5, 5.41) is 12.5. The van der Waals surface area contributed by atoms with Gasteiger partial charge in [0, 0.05) is 30.5 Å². The van der Waals surface area contributed by atoms with E-state index < -0.39 is 0 Å². The van der Waals surface area contributed by atoms with Crippen molar-refractivity contribution >= 4 is 0 Å². The topological polar surface area (TPSA) is 48.7 Å². The maximum Gasteiger partial charge on any atom is 0.101 e. The van der Waals surface area contributed by atoms with E-state index in [0.717, 1.165) is 17.7 Å². The molecule has 3 nitrogen and oxygen atoms in total. The highest BCUT2D eigenvalue weighted by Crippen LogP contribution is 2.25. The fourth-order valence-electron chi connectivity index (χ4n) is 2.29. The second kappa shape index (κ2) is 5.44. The summed E-state index contributed by atoms with van der Waals surface area (Å²) < 4.78 is 0. The first kappa shape index (κ1) is 12.8. The first-order valence-corrected chi connectivity index (χ1v) is 6.95. The van der Waals surface area contributed by atoms with Crippen LogP contribution in [0.5, 0.6) is 0 Å². The van der Waals surface area contributed by atoms with Crippen LogP contribution in [0, 0.1) is 18.3 Å². The molecule has 1 saturated carbocycles. The predicted octanol–water partition coefficient (Wildman–Crippen LogP) is 3.18. The zero-order valence-electron chi connectivity index (χ0n) is 11.6. The molecule has 0 saturated heterocycles. The molecule has 1 heterocycles. The van der Waals surface area contributed by atoms with Gasteiger partial charge in [0.2, 0.25) is 0 Å². The lowest BCUT2D eigenvalue weighted by Crippen LogP contribution is -2.15. The first-order chi connectivity index (χ1) is 9.76. The SMILES string of the molecule is Cc1ccc(CNC2CC2)cc1-c1cncc(C#N)c1. The molecule has 1 N–H and O–H groups in total. The summed E-state index contributed by atoms with van der Waals surface area (Å²) in [5.41, 5.74) is 5.25. The van der Waals surface area contributed by atoms with Crippen LogP contribution in [0.15, 0.2) is 36.7 Å². The van der Waals surface area contributed by atoms with Crippen LogP contribution in [0.1, 0.15) is 29.5 Å². The van der Waals surface area contributed by atoms with Gasteiger partial charge < -0.3 is 5.32 Å². The third-order valence-corrected chi connectivity index (χ3v) is 3.65. The Morgan fingerprint density at radius 2 is 2.15 bits per heavy atom. The van der Waals surface area contributed by atoms with Crippen LogP contribution in [-0.4, -0.2) is 11.0 Å². The summed E-state index contributed by atoms with van der Waals surface area (Å²) in [5.74, 6) is 0. The zero-order chi connectivity index (χ0) is 13.9. The van der Waals surface area contributed by atoms with Crippen molar-refractivity contribution in [2.24, 2.45) is 0 Å². The lowest BCUT2D eigenvalue weighted by atomic mass is 9.98. The molecule has 1 aliphatic rings. The number of pyridine rings is 1. The lowest BCUT2D eigenvalue weighted by Gasteiger charge is -2.10. The van der Waals surface area contributed by atoms with Crippen molar-refractivity contribution in [3.05, 3.63) is 53.3 Å². The van der Waals surface area contributed by atoms with Crippen molar-refractivity contribution < 1.29 is 0 Å². The van der Waals surface area contributed by atoms with E-state index in [4.69, 9.17) is 5.26 Å². The van der Waals surface area contributed by atoms with E-state index in [2.05, 4.69) is 41.5 Å². The van der Waals surface area contributed by atoms with Crippen molar-refractivity contribution in [3.8, 4) is 17.2 Å². The highest BCUT2D eigenvalue weighted by Gasteiger charge is 2.20. The van der Waals surface area contributed by atoms with Crippen LogP contribution >= 0.6 is 0 Å². The fourth-order valence-corrected chi connectivity index (χ4v) is 2.29. The van der Waals surface area contributed by atoms with Crippen molar-refractivity contribution in [1.82, 2.24) is 10.3 Å². The van der Waals surface area contributed by atoms with Gasteiger partial charge in [-0.2, -0.15) is 5.26 Å². The summed E-state index contributed by atoms with van der Waals surface area (Å²) in [7, 11) is 0. The molecule has 20 heavy (non-hydrogen) atoms. The summed E-state index contributed by atoms with van der Waals surface area (Å²) in [6.45, 7) is 3.00. The molecule has 2 aromatic rings. The van der Waals surface area contributed by atoms with Gasteiger partial charge >= 0.3 is 0 Å². The molecular weight excluding hydrogens is 246 g/mol. The second-order valence-electron chi connectivity index (χ2n) is 5.38. The van der Waals surface area contributed by atoms with E-state index in [9.17, 15) is 0 Å². The van der Waals surface area contributed by atoms with E-state index in [-0.39, 0.29) is 0 Å². The average molecular weight is 263 g/mol. The number of benzene rings is 1. The lowest BCUT2D eigenvalue weighted by molar-refractivity contribution is 0.688. The highest BCUT2D eigenvalue weighted by molar-refractivity contribution is 5.68. The van der Waals surface area contributed by atoms with Crippen molar-refractivity contribution in [3.63, 3.8) is 0 Å². The Labute approximate surface area is 119 Å². The molecule has 3 rings (SSSR count). The maximum absolute atomic E-state index is 8.99. The van der Waals surface area contributed by atoms with E-state index in [0.29, 0.717) is 11.6 Å². The molecule has 100 valence electrons. The maximum atomic E-state index is 8.99. The van der Waals surface area contributed by atoms with Crippen LogP contribution in [0.2, 0.25) is 0 Å². The number of nitriles is 1. The number of aromatic nitrogens is 1. The van der Waals surface area contributed by atoms with Gasteiger partial charge in [0.15, 0.2) is 0 Å². The fraction of sp³-hybridized carbons (Fsp3) is 0.294. The zero-order valence-corrected chi connectivity index (χ0v) is 11.6. The normalized spacial score (nSPS) is 14.0. The Hall–Kier alpha value is -2.18. The Balaban J connectivity index is 1.90. The van der Waals surface area contributed by atoms with Crippen molar-refractivity contribution in [1.29, 1.82) is 5.26 Å². The Kier molecular flexibility index (Phi) is 3.49. The van der Waals surface area contributed by atoms with Crippen molar-refractivity contribution in [2.45, 2.75) is 32.4 Å². The molecule has 1 aromatic heterocycles. The minimum atomic E-state index is 0.600. The summed E-state index contributed by atoms with van der Waals surface area (Å²) in [6.07, 6.45) is 6.01. The monoisotopic (exact) mass is 263 g/mol. The highest BCUT2D eigenvalue weighted by atomic mass is 14.9. The molecule has 0 spiro atoms. The van der Waals surface area contributed by atoms with Gasteiger partial charge in [-0.25, -0.2) is 0 Å². The number of hydrogen-bond donors (Lipinski definition) is 1. The smallest absolute Gasteiger partial charge is 0.101 e. The largest absolute Gasteiger partial charge is 0.310 e. The molecular formula is C17H17N3. The van der Waals surface area contributed by atoms with Gasteiger partial charge in [-0.15, -0.1) is 0 Å². The third kappa shape index (κ3) is 2.87. The summed E-state index contributed by atoms with van der Waals surface area (Å²) >= 11 is 0. The van der Waals surface area contributed by atoms with Crippen LogP contribution < -0.4 is 5.32 Å². The number of nitrogens with zero attached hydrogens (tertiary/aromatic N) is 2. The quantitative estimate of drug-likeness (QED) is 0.921. The molecule has 0 atom stereocenters. The standard InChI is InChI=1S/C17H17N3/c1-12-2-3-13(10-20-16-4-5-16)7-17(12)15-6-14(8-18)9-19-11-15/h2-3,6-7,9,11,16,20H,4-5,10H2,1H3. The molecule has 0 amide bonds. The molecule has 1 fully saturated rings. The average Bonchev–Trinajstić information content (AvgIpc) is 3.31. The van der Waals surface area contributed by atoms with Gasteiger partial charge in [-0.3, -0.25) is 4.98 Å². The van der Waals surface area contributed by atoms with E-state index in [1.54, 1.807) is 6.20 Å². The van der Waals surface area contributed by atoms with Gasteiger partial charge in [0.05, 0.1) is 5.56 Å². The van der Waals surface area contributed by atoms with Gasteiger partial charge in [-0.1, -0.05) is 12.1 Å². The minimum absolute atomic E-state index is 0.600. The minimum Gasteiger partial charge on any atom is -0.310 e. The Morgan fingerprint density at radius 3 is 2.90 bits per heavy atom. The molecule has 0 unspecified atom stereocenters. The van der Waals surface area contributed by atoms with Gasteiger partial charge in [0.25, 0.3) is 0 Å². The van der Waals surface area contributed by atoms with Crippen LogP contribution in [0.25, 0.3) is 11.1 Å². The predicted molar refractivity (Wildman–Crippen MR) is 79.0 cm³/mol. The summed E-state index contributed by atoms with van der Waals surface area (Å²) in [4.78, 5) is 4.15. The number of rotatable bonds is 4. The first-order valence-electron chi connectivity index (χ1n) is 6.95. The van der Waals surface area contributed by atoms with Gasteiger partial charge in [-0.05, 0) is 48.6 Å². The van der Waals surface area contributed by atoms with Crippen LogP contribution in [0.4, 0.5) is 0 Å². The van der Waals surface area contributed by atoms with E-state index in [1.807, 2.05) is 12.3 Å². The van der Waals surface area contributed by atoms with Crippen LogP contribution in [0.3, 0.4) is 0 Å². The molecule has 0 aliphatic heterocycles. The summed E-state index contributed by atoms with van der Waals surface area (Å²) in [6, 6.07) is 11.2. The molecule has 1 aromatic carbocycles.